The molecule has 3 aromatic carbocycles. The zero-order valence-electron chi connectivity index (χ0n) is 18.5. The molecule has 2 nitrogen and oxygen atoms in total. The van der Waals surface area contributed by atoms with Crippen molar-refractivity contribution in [3.05, 3.63) is 92.0 Å². The first-order valence-corrected chi connectivity index (χ1v) is 10.4. The van der Waals surface area contributed by atoms with Gasteiger partial charge in [0.1, 0.15) is 11.5 Å². The number of rotatable bonds is 5. The molecule has 0 spiro atoms. The smallest absolute Gasteiger partial charge is 0.122 e. The molecule has 0 saturated carbocycles. The summed E-state index contributed by atoms with van der Waals surface area (Å²) in [5, 5.41) is 21.1. The molecule has 0 aliphatic rings. The lowest BCUT2D eigenvalue weighted by atomic mass is 9.90. The summed E-state index contributed by atoms with van der Waals surface area (Å²) in [4.78, 5) is 0. The first-order valence-electron chi connectivity index (χ1n) is 10.4. The summed E-state index contributed by atoms with van der Waals surface area (Å²) < 4.78 is 0. The third-order valence-electron chi connectivity index (χ3n) is 6.10. The lowest BCUT2D eigenvalue weighted by molar-refractivity contribution is 0.463. The van der Waals surface area contributed by atoms with Crippen LogP contribution in [0.2, 0.25) is 0 Å². The molecule has 0 unspecified atom stereocenters. The molecule has 0 heterocycles. The Bertz CT molecular complexity index is 980. The second kappa shape index (κ2) is 8.32. The average molecular weight is 389 g/mol. The largest absolute Gasteiger partial charge is 0.508 e. The fourth-order valence-electron chi connectivity index (χ4n) is 3.98. The van der Waals surface area contributed by atoms with E-state index in [2.05, 4.69) is 52.0 Å². The van der Waals surface area contributed by atoms with Crippen LogP contribution in [0, 0.1) is 34.6 Å². The van der Waals surface area contributed by atoms with E-state index < -0.39 is 0 Å². The summed E-state index contributed by atoms with van der Waals surface area (Å²) in [6.45, 7) is 12.5. The van der Waals surface area contributed by atoms with Crippen LogP contribution in [0.4, 0.5) is 0 Å². The van der Waals surface area contributed by atoms with Gasteiger partial charge in [0.05, 0.1) is 0 Å². The SMILES string of the molecule is CCc1cc(Cc2cc(C)c(C)cc2C)c(O)c(Cc2cc(C)c(O)cc2C)c1. The highest BCUT2D eigenvalue weighted by Gasteiger charge is 2.14. The monoisotopic (exact) mass is 388 g/mol. The summed E-state index contributed by atoms with van der Waals surface area (Å²) in [5.41, 5.74) is 11.3. The molecule has 29 heavy (non-hydrogen) atoms. The normalized spacial score (nSPS) is 11.1. The average Bonchev–Trinajstić information content (AvgIpc) is 2.66. The Kier molecular flexibility index (Phi) is 6.02. The van der Waals surface area contributed by atoms with E-state index in [1.165, 1.54) is 27.8 Å². The van der Waals surface area contributed by atoms with Gasteiger partial charge < -0.3 is 10.2 Å². The van der Waals surface area contributed by atoms with Gasteiger partial charge in [-0.3, -0.25) is 0 Å². The summed E-state index contributed by atoms with van der Waals surface area (Å²) >= 11 is 0. The van der Waals surface area contributed by atoms with Crippen molar-refractivity contribution < 1.29 is 10.2 Å². The highest BCUT2D eigenvalue weighted by Crippen LogP contribution is 2.32. The highest BCUT2D eigenvalue weighted by molar-refractivity contribution is 5.51. The van der Waals surface area contributed by atoms with E-state index >= 15 is 0 Å². The molecule has 0 saturated heterocycles. The molecule has 0 bridgehead atoms. The van der Waals surface area contributed by atoms with Gasteiger partial charge in [-0.05, 0) is 103 Å². The van der Waals surface area contributed by atoms with Crippen molar-refractivity contribution in [1.29, 1.82) is 0 Å². The van der Waals surface area contributed by atoms with E-state index in [1.54, 1.807) is 0 Å². The van der Waals surface area contributed by atoms with Crippen LogP contribution in [0.25, 0.3) is 0 Å². The molecule has 3 rings (SSSR count). The van der Waals surface area contributed by atoms with E-state index in [1.807, 2.05) is 26.0 Å². The van der Waals surface area contributed by atoms with Gasteiger partial charge in [-0.1, -0.05) is 37.3 Å². The summed E-state index contributed by atoms with van der Waals surface area (Å²) in [6.07, 6.45) is 2.32. The molecule has 0 radical (unpaired) electrons. The number of phenolic OH excluding ortho intramolecular Hbond substituents is 2. The van der Waals surface area contributed by atoms with Crippen LogP contribution in [0.5, 0.6) is 11.5 Å². The number of phenols is 2. The molecule has 0 atom stereocenters. The van der Waals surface area contributed by atoms with Crippen LogP contribution in [0.15, 0.2) is 36.4 Å². The minimum atomic E-state index is 0.323. The summed E-state index contributed by atoms with van der Waals surface area (Å²) in [6, 6.07) is 12.6. The lowest BCUT2D eigenvalue weighted by Gasteiger charge is -2.16. The maximum atomic E-state index is 11.1. The van der Waals surface area contributed by atoms with E-state index in [4.69, 9.17) is 0 Å². The van der Waals surface area contributed by atoms with E-state index in [0.717, 1.165) is 40.7 Å². The van der Waals surface area contributed by atoms with Crippen molar-refractivity contribution >= 4 is 0 Å². The quantitative estimate of drug-likeness (QED) is 0.532. The van der Waals surface area contributed by atoms with Crippen LogP contribution in [-0.2, 0) is 19.3 Å². The van der Waals surface area contributed by atoms with E-state index in [-0.39, 0.29) is 0 Å². The Hall–Kier alpha value is -2.74. The molecule has 0 aliphatic heterocycles. The Labute approximate surface area is 174 Å². The Morgan fingerprint density at radius 1 is 0.552 bits per heavy atom. The number of aryl methyl sites for hydroxylation is 6. The fourth-order valence-corrected chi connectivity index (χ4v) is 3.98. The molecule has 2 N–H and O–H groups in total. The van der Waals surface area contributed by atoms with Gasteiger partial charge in [0.15, 0.2) is 0 Å². The first kappa shape index (κ1) is 21.0. The summed E-state index contributed by atoms with van der Waals surface area (Å²) in [5.74, 6) is 0.716. The molecule has 3 aromatic rings. The van der Waals surface area contributed by atoms with Crippen LogP contribution in [0.1, 0.15) is 62.6 Å². The van der Waals surface area contributed by atoms with Crippen LogP contribution in [0.3, 0.4) is 0 Å². The Morgan fingerprint density at radius 3 is 1.59 bits per heavy atom. The van der Waals surface area contributed by atoms with Crippen LogP contribution < -0.4 is 0 Å². The summed E-state index contributed by atoms with van der Waals surface area (Å²) in [7, 11) is 0. The zero-order valence-corrected chi connectivity index (χ0v) is 18.5. The predicted octanol–water partition coefficient (Wildman–Crippen LogP) is 6.38. The number of benzene rings is 3. The van der Waals surface area contributed by atoms with Crippen molar-refractivity contribution in [1.82, 2.24) is 0 Å². The van der Waals surface area contributed by atoms with Crippen LogP contribution >= 0.6 is 0 Å². The molecular formula is C27H32O2. The van der Waals surface area contributed by atoms with Crippen LogP contribution in [-0.4, -0.2) is 10.2 Å². The third kappa shape index (κ3) is 4.48. The van der Waals surface area contributed by atoms with Crippen molar-refractivity contribution in [2.45, 2.75) is 60.8 Å². The van der Waals surface area contributed by atoms with Gasteiger partial charge in [-0.15, -0.1) is 0 Å². The molecular weight excluding hydrogens is 356 g/mol. The predicted molar refractivity (Wildman–Crippen MR) is 121 cm³/mol. The standard InChI is InChI=1S/C27H32O2/c1-7-21-12-24(14-22-9-17(3)16(2)8-18(22)4)27(29)25(13-21)15-23-10-20(6)26(28)11-19(23)5/h8-13,28-29H,7,14-15H2,1-6H3. The van der Waals surface area contributed by atoms with Gasteiger partial charge in [0.25, 0.3) is 0 Å². The number of hydrogen-bond acceptors (Lipinski definition) is 2. The Morgan fingerprint density at radius 2 is 1.03 bits per heavy atom. The number of aromatic hydroxyl groups is 2. The second-order valence-corrected chi connectivity index (χ2v) is 8.40. The minimum Gasteiger partial charge on any atom is -0.508 e. The Balaban J connectivity index is 2.03. The lowest BCUT2D eigenvalue weighted by Crippen LogP contribution is -2.01. The van der Waals surface area contributed by atoms with Gasteiger partial charge in [0, 0.05) is 12.8 Å². The van der Waals surface area contributed by atoms with Crippen molar-refractivity contribution in [2.75, 3.05) is 0 Å². The first-order chi connectivity index (χ1) is 13.7. The van der Waals surface area contributed by atoms with Crippen molar-refractivity contribution in [3.63, 3.8) is 0 Å². The van der Waals surface area contributed by atoms with E-state index in [0.29, 0.717) is 17.9 Å². The maximum Gasteiger partial charge on any atom is 0.122 e. The van der Waals surface area contributed by atoms with E-state index in [9.17, 15) is 10.2 Å². The molecule has 2 heteroatoms. The van der Waals surface area contributed by atoms with Crippen molar-refractivity contribution in [3.8, 4) is 11.5 Å². The molecule has 152 valence electrons. The maximum absolute atomic E-state index is 11.1. The minimum absolute atomic E-state index is 0.323. The fraction of sp³-hybridized carbons (Fsp3) is 0.333. The number of hydrogen-bond donors (Lipinski definition) is 2. The van der Waals surface area contributed by atoms with Gasteiger partial charge in [0.2, 0.25) is 0 Å². The second-order valence-electron chi connectivity index (χ2n) is 8.40. The van der Waals surface area contributed by atoms with Gasteiger partial charge >= 0.3 is 0 Å². The molecule has 0 fully saturated rings. The third-order valence-corrected chi connectivity index (χ3v) is 6.10. The van der Waals surface area contributed by atoms with Gasteiger partial charge in [-0.25, -0.2) is 0 Å². The molecule has 0 aliphatic carbocycles. The molecule has 0 aromatic heterocycles. The highest BCUT2D eigenvalue weighted by atomic mass is 16.3. The van der Waals surface area contributed by atoms with Crippen molar-refractivity contribution in [2.24, 2.45) is 0 Å². The topological polar surface area (TPSA) is 40.5 Å². The zero-order chi connectivity index (χ0) is 21.3. The molecule has 0 amide bonds. The van der Waals surface area contributed by atoms with Gasteiger partial charge in [-0.2, -0.15) is 0 Å².